The fourth-order valence-corrected chi connectivity index (χ4v) is 2.26. The number of nitrogens with zero attached hydrogens (tertiary/aromatic N) is 1. The van der Waals surface area contributed by atoms with Gasteiger partial charge in [-0.1, -0.05) is 25.5 Å². The van der Waals surface area contributed by atoms with Crippen molar-refractivity contribution in [2.75, 3.05) is 14.2 Å². The van der Waals surface area contributed by atoms with Crippen LogP contribution in [0.2, 0.25) is 0 Å². The number of hydrogen-bond acceptors (Lipinski definition) is 6. The highest BCUT2D eigenvalue weighted by atomic mass is 16.6. The lowest BCUT2D eigenvalue weighted by molar-refractivity contribution is -0.384. The number of carbonyl (C=O) groups excluding carboxylic acids is 2. The lowest BCUT2D eigenvalue weighted by atomic mass is 9.76. The maximum Gasteiger partial charge on any atom is 0.327 e. The summed E-state index contributed by atoms with van der Waals surface area (Å²) in [6.07, 6.45) is 0.714. The molecule has 0 aliphatic carbocycles. The zero-order valence-corrected chi connectivity index (χ0v) is 12.1. The van der Waals surface area contributed by atoms with Crippen molar-refractivity contribution in [3.8, 4) is 0 Å². The van der Waals surface area contributed by atoms with E-state index in [0.717, 1.165) is 0 Å². The molecule has 0 aliphatic rings. The van der Waals surface area contributed by atoms with Crippen LogP contribution in [0.3, 0.4) is 0 Å². The number of rotatable bonds is 6. The van der Waals surface area contributed by atoms with Crippen molar-refractivity contribution in [1.82, 2.24) is 0 Å². The van der Waals surface area contributed by atoms with Crippen LogP contribution in [-0.4, -0.2) is 31.1 Å². The lowest BCUT2D eigenvalue weighted by Crippen LogP contribution is -2.45. The van der Waals surface area contributed by atoms with Crippen LogP contribution in [0.15, 0.2) is 24.3 Å². The van der Waals surface area contributed by atoms with Crippen molar-refractivity contribution in [1.29, 1.82) is 0 Å². The normalized spacial score (nSPS) is 10.8. The SMILES string of the molecule is CCCC(C(=O)OC)(C(=O)OC)c1ccc([N+](=O)[O-])cc1. The summed E-state index contributed by atoms with van der Waals surface area (Å²) in [5.74, 6) is -1.49. The molecule has 0 radical (unpaired) electrons. The van der Waals surface area contributed by atoms with Crippen molar-refractivity contribution in [3.05, 3.63) is 39.9 Å². The van der Waals surface area contributed by atoms with Crippen molar-refractivity contribution < 1.29 is 24.0 Å². The minimum Gasteiger partial charge on any atom is -0.468 e. The second-order valence-electron chi connectivity index (χ2n) is 4.44. The summed E-state index contributed by atoms with van der Waals surface area (Å²) in [5.41, 5.74) is -1.42. The Hall–Kier alpha value is -2.44. The molecule has 0 N–H and O–H groups in total. The average Bonchev–Trinajstić information content (AvgIpc) is 2.51. The van der Waals surface area contributed by atoms with E-state index in [2.05, 4.69) is 0 Å². The third kappa shape index (κ3) is 3.01. The van der Waals surface area contributed by atoms with Gasteiger partial charge in [0.05, 0.1) is 19.1 Å². The first kappa shape index (κ1) is 16.6. The first-order valence-electron chi connectivity index (χ1n) is 6.35. The van der Waals surface area contributed by atoms with Gasteiger partial charge in [0.2, 0.25) is 0 Å². The summed E-state index contributed by atoms with van der Waals surface area (Å²) < 4.78 is 9.50. The molecule has 0 spiro atoms. The van der Waals surface area contributed by atoms with E-state index in [1.165, 1.54) is 38.5 Å². The van der Waals surface area contributed by atoms with E-state index >= 15 is 0 Å². The zero-order chi connectivity index (χ0) is 16.0. The van der Waals surface area contributed by atoms with Crippen LogP contribution in [0.1, 0.15) is 25.3 Å². The van der Waals surface area contributed by atoms with Gasteiger partial charge < -0.3 is 9.47 Å². The second-order valence-corrected chi connectivity index (χ2v) is 4.44. The fraction of sp³-hybridized carbons (Fsp3) is 0.429. The summed E-state index contributed by atoms with van der Waals surface area (Å²) >= 11 is 0. The molecule has 7 nitrogen and oxygen atoms in total. The molecule has 0 atom stereocenters. The van der Waals surface area contributed by atoms with Crippen LogP contribution < -0.4 is 0 Å². The van der Waals surface area contributed by atoms with Crippen LogP contribution in [0.25, 0.3) is 0 Å². The molecule has 114 valence electrons. The maximum absolute atomic E-state index is 12.2. The molecule has 21 heavy (non-hydrogen) atoms. The number of hydrogen-bond donors (Lipinski definition) is 0. The summed E-state index contributed by atoms with van der Waals surface area (Å²) in [4.78, 5) is 34.5. The van der Waals surface area contributed by atoms with E-state index in [9.17, 15) is 19.7 Å². The highest BCUT2D eigenvalue weighted by molar-refractivity contribution is 6.06. The number of benzene rings is 1. The van der Waals surface area contributed by atoms with E-state index in [4.69, 9.17) is 9.47 Å². The quantitative estimate of drug-likeness (QED) is 0.344. The van der Waals surface area contributed by atoms with E-state index in [0.29, 0.717) is 12.0 Å². The number of nitro groups is 1. The molecule has 1 aromatic carbocycles. The first-order chi connectivity index (χ1) is 9.93. The number of esters is 2. The third-order valence-corrected chi connectivity index (χ3v) is 3.26. The smallest absolute Gasteiger partial charge is 0.327 e. The van der Waals surface area contributed by atoms with Gasteiger partial charge in [0, 0.05) is 12.1 Å². The van der Waals surface area contributed by atoms with E-state index in [1.807, 2.05) is 6.92 Å². The van der Waals surface area contributed by atoms with Crippen molar-refractivity contribution in [2.24, 2.45) is 0 Å². The second kappa shape index (κ2) is 6.83. The standard InChI is InChI=1S/C14H17NO6/c1-4-9-14(12(16)20-2,13(17)21-3)10-5-7-11(8-6-10)15(18)19/h5-8H,4,9H2,1-3H3. The Morgan fingerprint density at radius 2 is 1.62 bits per heavy atom. The minimum atomic E-state index is -1.60. The third-order valence-electron chi connectivity index (χ3n) is 3.26. The van der Waals surface area contributed by atoms with Gasteiger partial charge in [-0.05, 0) is 12.0 Å². The Bertz CT molecular complexity index is 521. The van der Waals surface area contributed by atoms with Gasteiger partial charge in [0.15, 0.2) is 5.41 Å². The first-order valence-corrected chi connectivity index (χ1v) is 6.35. The summed E-state index contributed by atoms with van der Waals surface area (Å²) in [6.45, 7) is 1.81. The van der Waals surface area contributed by atoms with Gasteiger partial charge in [0.25, 0.3) is 5.69 Å². The Kier molecular flexibility index (Phi) is 5.40. The van der Waals surface area contributed by atoms with Gasteiger partial charge >= 0.3 is 11.9 Å². The Morgan fingerprint density at radius 3 is 1.95 bits per heavy atom. The molecular weight excluding hydrogens is 278 g/mol. The summed E-state index contributed by atoms with van der Waals surface area (Å²) in [5, 5.41) is 10.7. The largest absolute Gasteiger partial charge is 0.468 e. The zero-order valence-electron chi connectivity index (χ0n) is 12.1. The predicted octanol–water partition coefficient (Wildman–Crippen LogP) is 1.98. The molecule has 0 saturated heterocycles. The highest BCUT2D eigenvalue weighted by Crippen LogP contribution is 2.33. The van der Waals surface area contributed by atoms with Crippen LogP contribution in [0.4, 0.5) is 5.69 Å². The van der Waals surface area contributed by atoms with Crippen molar-refractivity contribution >= 4 is 17.6 Å². The van der Waals surface area contributed by atoms with Gasteiger partial charge in [-0.25, -0.2) is 0 Å². The molecule has 1 aromatic rings. The number of ether oxygens (including phenoxy) is 2. The Balaban J connectivity index is 3.43. The highest BCUT2D eigenvalue weighted by Gasteiger charge is 2.49. The molecule has 0 fully saturated rings. The summed E-state index contributed by atoms with van der Waals surface area (Å²) in [6, 6.07) is 5.24. The minimum absolute atomic E-state index is 0.126. The molecule has 1 rings (SSSR count). The molecule has 0 amide bonds. The van der Waals surface area contributed by atoms with Crippen LogP contribution in [-0.2, 0) is 24.5 Å². The van der Waals surface area contributed by atoms with Crippen molar-refractivity contribution in [3.63, 3.8) is 0 Å². The molecule has 0 aromatic heterocycles. The molecule has 0 aliphatic heterocycles. The molecular formula is C14H17NO6. The molecule has 0 bridgehead atoms. The van der Waals surface area contributed by atoms with E-state index in [-0.39, 0.29) is 12.1 Å². The molecule has 0 heterocycles. The predicted molar refractivity (Wildman–Crippen MR) is 73.7 cm³/mol. The van der Waals surface area contributed by atoms with E-state index < -0.39 is 22.3 Å². The Labute approximate surface area is 122 Å². The molecule has 7 heteroatoms. The maximum atomic E-state index is 12.2. The lowest BCUT2D eigenvalue weighted by Gasteiger charge is -2.28. The number of nitro benzene ring substituents is 1. The molecule has 0 saturated carbocycles. The number of carbonyl (C=O) groups is 2. The average molecular weight is 295 g/mol. The Morgan fingerprint density at radius 1 is 1.14 bits per heavy atom. The van der Waals surface area contributed by atoms with Crippen LogP contribution in [0, 0.1) is 10.1 Å². The summed E-state index contributed by atoms with van der Waals surface area (Å²) in [7, 11) is 2.36. The van der Waals surface area contributed by atoms with Crippen LogP contribution >= 0.6 is 0 Å². The van der Waals surface area contributed by atoms with Crippen molar-refractivity contribution in [2.45, 2.75) is 25.2 Å². The topological polar surface area (TPSA) is 95.7 Å². The van der Waals surface area contributed by atoms with Crippen LogP contribution in [0.5, 0.6) is 0 Å². The van der Waals surface area contributed by atoms with Gasteiger partial charge in [-0.2, -0.15) is 0 Å². The monoisotopic (exact) mass is 295 g/mol. The van der Waals surface area contributed by atoms with Gasteiger partial charge in [-0.3, -0.25) is 19.7 Å². The number of non-ortho nitro benzene ring substituents is 1. The fourth-order valence-electron chi connectivity index (χ4n) is 2.26. The van der Waals surface area contributed by atoms with Gasteiger partial charge in [-0.15, -0.1) is 0 Å². The van der Waals surface area contributed by atoms with E-state index in [1.54, 1.807) is 0 Å². The number of methoxy groups -OCH3 is 2. The molecule has 0 unspecified atom stereocenters. The van der Waals surface area contributed by atoms with Gasteiger partial charge in [0.1, 0.15) is 0 Å².